The predicted octanol–water partition coefficient (Wildman–Crippen LogP) is 7.06. The average molecular weight is 455 g/mol. The van der Waals surface area contributed by atoms with E-state index in [0.29, 0.717) is 22.5 Å². The van der Waals surface area contributed by atoms with Crippen LogP contribution in [0.25, 0.3) is 22.5 Å². The lowest BCUT2D eigenvalue weighted by molar-refractivity contribution is 0.516. The van der Waals surface area contributed by atoms with Gasteiger partial charge >= 0.3 is 0 Å². The van der Waals surface area contributed by atoms with Crippen molar-refractivity contribution in [3.05, 3.63) is 36.4 Å². The van der Waals surface area contributed by atoms with Crippen LogP contribution < -0.4 is 0 Å². The highest BCUT2D eigenvalue weighted by atomic mass is 19.1. The molecule has 0 bridgehead atoms. The standard InChI is InChI=1S/C26H39FN6/c1-3-5-7-9-11-13-15-32-20-25(28-30-32)22-17-23(19-24(27)18-22)26-21-33(31-29-26)16-14-12-10-8-6-4-2/h17-21H,3-16H2,1-2H3. The fourth-order valence-corrected chi connectivity index (χ4v) is 4.07. The second-order valence-corrected chi connectivity index (χ2v) is 9.00. The van der Waals surface area contributed by atoms with Gasteiger partial charge in [-0.2, -0.15) is 0 Å². The van der Waals surface area contributed by atoms with Gasteiger partial charge in [-0.05, 0) is 31.0 Å². The maximum Gasteiger partial charge on any atom is 0.124 e. The summed E-state index contributed by atoms with van der Waals surface area (Å²) in [6.07, 6.45) is 18.7. The smallest absolute Gasteiger partial charge is 0.124 e. The van der Waals surface area contributed by atoms with E-state index >= 15 is 0 Å². The third-order valence-electron chi connectivity index (χ3n) is 6.05. The Morgan fingerprint density at radius 2 is 1.03 bits per heavy atom. The van der Waals surface area contributed by atoms with E-state index in [-0.39, 0.29) is 5.82 Å². The van der Waals surface area contributed by atoms with E-state index in [9.17, 15) is 4.39 Å². The summed E-state index contributed by atoms with van der Waals surface area (Å²) in [6, 6.07) is 4.92. The van der Waals surface area contributed by atoms with Crippen molar-refractivity contribution in [2.45, 2.75) is 104 Å². The van der Waals surface area contributed by atoms with Crippen LogP contribution in [0.2, 0.25) is 0 Å². The quantitative estimate of drug-likeness (QED) is 0.217. The fraction of sp³-hybridized carbons (Fsp3) is 0.615. The van der Waals surface area contributed by atoms with Gasteiger partial charge < -0.3 is 0 Å². The molecule has 0 spiro atoms. The van der Waals surface area contributed by atoms with Crippen molar-refractivity contribution >= 4 is 0 Å². The van der Waals surface area contributed by atoms with Crippen molar-refractivity contribution in [2.75, 3.05) is 0 Å². The Hall–Kier alpha value is -2.57. The van der Waals surface area contributed by atoms with Crippen LogP contribution in [0.1, 0.15) is 90.9 Å². The Kier molecular flexibility index (Phi) is 10.5. The fourth-order valence-electron chi connectivity index (χ4n) is 4.07. The SMILES string of the molecule is CCCCCCCCn1cc(-c2cc(F)cc(-c3cn(CCCCCCCC)nn3)c2)nn1. The zero-order chi connectivity index (χ0) is 23.3. The molecular weight excluding hydrogens is 415 g/mol. The Morgan fingerprint density at radius 3 is 1.48 bits per heavy atom. The van der Waals surface area contributed by atoms with Crippen LogP contribution in [0.4, 0.5) is 4.39 Å². The number of unbranched alkanes of at least 4 members (excludes halogenated alkanes) is 10. The Labute approximate surface area is 197 Å². The number of hydrogen-bond donors (Lipinski definition) is 0. The lowest BCUT2D eigenvalue weighted by Gasteiger charge is -2.02. The number of aryl methyl sites for hydroxylation is 2. The van der Waals surface area contributed by atoms with Crippen LogP contribution >= 0.6 is 0 Å². The lowest BCUT2D eigenvalue weighted by Crippen LogP contribution is -1.98. The highest BCUT2D eigenvalue weighted by Gasteiger charge is 2.11. The van der Waals surface area contributed by atoms with Crippen LogP contribution in [0.5, 0.6) is 0 Å². The molecule has 0 aliphatic heterocycles. The molecule has 0 saturated heterocycles. The van der Waals surface area contributed by atoms with Crippen LogP contribution in [-0.4, -0.2) is 30.0 Å². The van der Waals surface area contributed by atoms with Crippen molar-refractivity contribution in [1.82, 2.24) is 30.0 Å². The molecule has 3 aromatic rings. The number of benzene rings is 1. The Morgan fingerprint density at radius 1 is 0.606 bits per heavy atom. The second kappa shape index (κ2) is 13.9. The van der Waals surface area contributed by atoms with Gasteiger partial charge in [-0.1, -0.05) is 88.5 Å². The van der Waals surface area contributed by atoms with Crippen LogP contribution in [-0.2, 0) is 13.1 Å². The van der Waals surface area contributed by atoms with E-state index in [1.165, 1.54) is 76.3 Å². The normalized spacial score (nSPS) is 11.4. The summed E-state index contributed by atoms with van der Waals surface area (Å²) in [4.78, 5) is 0. The maximum atomic E-state index is 14.4. The number of hydrogen-bond acceptors (Lipinski definition) is 4. The van der Waals surface area contributed by atoms with Crippen molar-refractivity contribution in [1.29, 1.82) is 0 Å². The van der Waals surface area contributed by atoms with Crippen LogP contribution in [0, 0.1) is 5.82 Å². The van der Waals surface area contributed by atoms with E-state index < -0.39 is 0 Å². The van der Waals surface area contributed by atoms with E-state index in [0.717, 1.165) is 25.9 Å². The topological polar surface area (TPSA) is 61.4 Å². The first-order valence-electron chi connectivity index (χ1n) is 12.8. The van der Waals surface area contributed by atoms with E-state index in [2.05, 4.69) is 34.5 Å². The van der Waals surface area contributed by atoms with Gasteiger partial charge in [0.1, 0.15) is 17.2 Å². The first-order valence-corrected chi connectivity index (χ1v) is 12.8. The molecule has 0 amide bonds. The third-order valence-corrected chi connectivity index (χ3v) is 6.05. The van der Waals surface area contributed by atoms with Crippen molar-refractivity contribution in [2.24, 2.45) is 0 Å². The lowest BCUT2D eigenvalue weighted by atomic mass is 10.1. The van der Waals surface area contributed by atoms with Gasteiger partial charge in [-0.15, -0.1) is 10.2 Å². The molecule has 0 aliphatic rings. The van der Waals surface area contributed by atoms with Crippen LogP contribution in [0.15, 0.2) is 30.6 Å². The molecular formula is C26H39FN6. The van der Waals surface area contributed by atoms with Gasteiger partial charge in [0.2, 0.25) is 0 Å². The summed E-state index contributed by atoms with van der Waals surface area (Å²) in [5.74, 6) is -0.307. The summed E-state index contributed by atoms with van der Waals surface area (Å²) in [5, 5.41) is 17.0. The Balaban J connectivity index is 1.56. The summed E-state index contributed by atoms with van der Waals surface area (Å²) < 4.78 is 18.1. The molecule has 0 fully saturated rings. The van der Waals surface area contributed by atoms with Gasteiger partial charge in [0.05, 0.1) is 12.4 Å². The molecule has 0 unspecified atom stereocenters. The van der Waals surface area contributed by atoms with Crippen LogP contribution in [0.3, 0.4) is 0 Å². The van der Waals surface area contributed by atoms with E-state index in [1.54, 1.807) is 0 Å². The Bertz CT molecular complexity index is 875. The number of aromatic nitrogens is 6. The third kappa shape index (κ3) is 8.37. The van der Waals surface area contributed by atoms with Gasteiger partial charge in [0, 0.05) is 24.2 Å². The summed E-state index contributed by atoms with van der Waals surface area (Å²) >= 11 is 0. The first kappa shape index (κ1) is 25.1. The molecule has 0 atom stereocenters. The molecule has 2 heterocycles. The van der Waals surface area contributed by atoms with Crippen molar-refractivity contribution < 1.29 is 4.39 Å². The summed E-state index contributed by atoms with van der Waals surface area (Å²) in [6.45, 7) is 6.14. The minimum Gasteiger partial charge on any atom is -0.252 e. The molecule has 0 aliphatic carbocycles. The zero-order valence-electron chi connectivity index (χ0n) is 20.3. The molecule has 7 heteroatoms. The number of rotatable bonds is 16. The van der Waals surface area contributed by atoms with Gasteiger partial charge in [-0.3, -0.25) is 9.36 Å². The minimum atomic E-state index is -0.307. The average Bonchev–Trinajstić information content (AvgIpc) is 3.48. The zero-order valence-corrected chi connectivity index (χ0v) is 20.3. The van der Waals surface area contributed by atoms with Gasteiger partial charge in [0.15, 0.2) is 0 Å². The minimum absolute atomic E-state index is 0.307. The number of nitrogens with zero attached hydrogens (tertiary/aromatic N) is 6. The molecule has 33 heavy (non-hydrogen) atoms. The highest BCUT2D eigenvalue weighted by molar-refractivity contribution is 5.68. The molecule has 3 rings (SSSR count). The molecule has 0 N–H and O–H groups in total. The molecule has 6 nitrogen and oxygen atoms in total. The molecule has 0 saturated carbocycles. The maximum absolute atomic E-state index is 14.4. The van der Waals surface area contributed by atoms with Crippen molar-refractivity contribution in [3.8, 4) is 22.5 Å². The molecule has 0 radical (unpaired) electrons. The monoisotopic (exact) mass is 454 g/mol. The molecule has 2 aromatic heterocycles. The summed E-state index contributed by atoms with van der Waals surface area (Å²) in [7, 11) is 0. The predicted molar refractivity (Wildman–Crippen MR) is 131 cm³/mol. The molecule has 180 valence electrons. The molecule has 1 aromatic carbocycles. The highest BCUT2D eigenvalue weighted by Crippen LogP contribution is 2.25. The second-order valence-electron chi connectivity index (χ2n) is 9.00. The van der Waals surface area contributed by atoms with E-state index in [1.807, 2.05) is 27.8 Å². The number of halogens is 1. The first-order chi connectivity index (χ1) is 16.2. The van der Waals surface area contributed by atoms with E-state index in [4.69, 9.17) is 0 Å². The van der Waals surface area contributed by atoms with Gasteiger partial charge in [-0.25, -0.2) is 4.39 Å². The largest absolute Gasteiger partial charge is 0.252 e. The van der Waals surface area contributed by atoms with Crippen molar-refractivity contribution in [3.63, 3.8) is 0 Å². The summed E-state index contributed by atoms with van der Waals surface area (Å²) in [5.41, 5.74) is 2.79. The van der Waals surface area contributed by atoms with Gasteiger partial charge in [0.25, 0.3) is 0 Å².